The van der Waals surface area contributed by atoms with Gasteiger partial charge < -0.3 is 4.74 Å². The average molecular weight is 227 g/mol. The van der Waals surface area contributed by atoms with E-state index < -0.39 is 0 Å². The summed E-state index contributed by atoms with van der Waals surface area (Å²) >= 11 is 1.55. The Balaban J connectivity index is 2.15. The Morgan fingerprint density at radius 2 is 1.81 bits per heavy atom. The van der Waals surface area contributed by atoms with Gasteiger partial charge >= 0.3 is 0 Å². The molecule has 3 heteroatoms. The molecule has 0 aliphatic carbocycles. The summed E-state index contributed by atoms with van der Waals surface area (Å²) in [5.41, 5.74) is 0.553. The van der Waals surface area contributed by atoms with Gasteiger partial charge in [-0.3, -0.25) is 4.79 Å². The second-order valence-corrected chi connectivity index (χ2v) is 4.44. The highest BCUT2D eigenvalue weighted by atomic mass is 32.2. The number of para-hydroxylation sites is 1. The Morgan fingerprint density at radius 3 is 2.69 bits per heavy atom. The quantitative estimate of drug-likeness (QED) is 0.637. The SMILES string of the molecule is O=[C]c1cccc2c1Sc1ccccc1O2. The number of fused-ring (bicyclic) bond motifs is 2. The second-order valence-electron chi connectivity index (χ2n) is 3.39. The van der Waals surface area contributed by atoms with Crippen molar-refractivity contribution >= 4 is 18.0 Å². The van der Waals surface area contributed by atoms with Gasteiger partial charge in [0.15, 0.2) is 0 Å². The zero-order valence-corrected chi connectivity index (χ0v) is 9.08. The molecule has 0 amide bonds. The molecule has 0 fully saturated rings. The van der Waals surface area contributed by atoms with Crippen molar-refractivity contribution in [1.29, 1.82) is 0 Å². The van der Waals surface area contributed by atoms with E-state index in [-0.39, 0.29) is 0 Å². The van der Waals surface area contributed by atoms with Gasteiger partial charge in [-0.15, -0.1) is 0 Å². The lowest BCUT2D eigenvalue weighted by Gasteiger charge is -2.19. The molecular weight excluding hydrogens is 220 g/mol. The Bertz CT molecular complexity index is 564. The molecule has 0 spiro atoms. The number of ether oxygens (including phenoxy) is 1. The highest BCUT2D eigenvalue weighted by molar-refractivity contribution is 7.99. The molecule has 16 heavy (non-hydrogen) atoms. The fourth-order valence-corrected chi connectivity index (χ4v) is 2.64. The first-order valence-electron chi connectivity index (χ1n) is 4.84. The molecule has 1 aliphatic heterocycles. The van der Waals surface area contributed by atoms with Gasteiger partial charge in [-0.25, -0.2) is 0 Å². The van der Waals surface area contributed by atoms with Gasteiger partial charge in [0.05, 0.1) is 9.79 Å². The van der Waals surface area contributed by atoms with Crippen LogP contribution in [0.25, 0.3) is 0 Å². The van der Waals surface area contributed by atoms with Gasteiger partial charge in [0.1, 0.15) is 11.5 Å². The van der Waals surface area contributed by atoms with Crippen molar-refractivity contribution in [1.82, 2.24) is 0 Å². The first-order valence-corrected chi connectivity index (χ1v) is 5.66. The van der Waals surface area contributed by atoms with Crippen LogP contribution in [0.5, 0.6) is 11.5 Å². The first kappa shape index (κ1) is 9.48. The largest absolute Gasteiger partial charge is 0.455 e. The van der Waals surface area contributed by atoms with E-state index in [4.69, 9.17) is 4.74 Å². The molecule has 0 aromatic heterocycles. The van der Waals surface area contributed by atoms with Crippen LogP contribution in [-0.2, 0) is 4.79 Å². The molecule has 0 N–H and O–H groups in total. The smallest absolute Gasteiger partial charge is 0.234 e. The maximum atomic E-state index is 10.8. The van der Waals surface area contributed by atoms with Crippen LogP contribution in [0.15, 0.2) is 52.3 Å². The van der Waals surface area contributed by atoms with E-state index in [1.54, 1.807) is 23.9 Å². The van der Waals surface area contributed by atoms with E-state index in [1.165, 1.54) is 0 Å². The molecule has 1 radical (unpaired) electrons. The zero-order chi connectivity index (χ0) is 11.0. The third kappa shape index (κ3) is 1.41. The van der Waals surface area contributed by atoms with Crippen molar-refractivity contribution in [2.24, 2.45) is 0 Å². The van der Waals surface area contributed by atoms with Crippen LogP contribution in [0.1, 0.15) is 5.56 Å². The number of rotatable bonds is 1. The molecule has 2 aromatic carbocycles. The Hall–Kier alpha value is -1.74. The summed E-state index contributed by atoms with van der Waals surface area (Å²) in [5, 5.41) is 0. The number of hydrogen-bond donors (Lipinski definition) is 0. The van der Waals surface area contributed by atoms with Crippen LogP contribution >= 0.6 is 11.8 Å². The van der Waals surface area contributed by atoms with E-state index in [1.807, 2.05) is 36.6 Å². The van der Waals surface area contributed by atoms with E-state index in [2.05, 4.69) is 0 Å². The molecule has 1 aliphatic rings. The predicted octanol–water partition coefficient (Wildman–Crippen LogP) is 3.40. The average Bonchev–Trinajstić information content (AvgIpc) is 2.35. The minimum Gasteiger partial charge on any atom is -0.455 e. The van der Waals surface area contributed by atoms with Crippen LogP contribution < -0.4 is 4.74 Å². The molecule has 0 saturated carbocycles. The third-order valence-corrected chi connectivity index (χ3v) is 3.55. The maximum absolute atomic E-state index is 10.8. The summed E-state index contributed by atoms with van der Waals surface area (Å²) in [5.74, 6) is 1.56. The molecule has 0 unspecified atom stereocenters. The fraction of sp³-hybridized carbons (Fsp3) is 0. The summed E-state index contributed by atoms with van der Waals surface area (Å²) < 4.78 is 5.72. The first-order chi connectivity index (χ1) is 7.88. The highest BCUT2D eigenvalue weighted by Crippen LogP contribution is 2.47. The third-order valence-electron chi connectivity index (χ3n) is 2.37. The van der Waals surface area contributed by atoms with Crippen molar-refractivity contribution < 1.29 is 9.53 Å². The molecule has 2 nitrogen and oxygen atoms in total. The summed E-state index contributed by atoms with van der Waals surface area (Å²) in [7, 11) is 0. The van der Waals surface area contributed by atoms with Crippen LogP contribution in [-0.4, -0.2) is 6.29 Å². The standard InChI is InChI=1S/C13H7O2S/c14-8-9-4-3-6-11-13(9)16-12-7-2-1-5-10(12)15-11/h1-7H. The summed E-state index contributed by atoms with van der Waals surface area (Å²) in [4.78, 5) is 12.7. The zero-order valence-electron chi connectivity index (χ0n) is 8.27. The predicted molar refractivity (Wildman–Crippen MR) is 61.9 cm³/mol. The topological polar surface area (TPSA) is 26.3 Å². The number of carbonyl (C=O) groups excluding carboxylic acids is 1. The summed E-state index contributed by atoms with van der Waals surface area (Å²) in [6, 6.07) is 13.2. The van der Waals surface area contributed by atoms with Gasteiger partial charge in [0, 0.05) is 5.56 Å². The van der Waals surface area contributed by atoms with Gasteiger partial charge in [-0.2, -0.15) is 0 Å². The number of hydrogen-bond acceptors (Lipinski definition) is 3. The second kappa shape index (κ2) is 3.68. The molecule has 2 aromatic rings. The van der Waals surface area contributed by atoms with Crippen molar-refractivity contribution in [3.8, 4) is 11.5 Å². The van der Waals surface area contributed by atoms with Crippen LogP contribution in [0.4, 0.5) is 0 Å². The van der Waals surface area contributed by atoms with E-state index in [0.717, 1.165) is 21.3 Å². The van der Waals surface area contributed by atoms with Gasteiger partial charge in [0.25, 0.3) is 0 Å². The highest BCUT2D eigenvalue weighted by Gasteiger charge is 2.19. The van der Waals surface area contributed by atoms with Crippen molar-refractivity contribution in [2.45, 2.75) is 9.79 Å². The molecule has 0 saturated heterocycles. The Morgan fingerprint density at radius 1 is 1.00 bits per heavy atom. The Labute approximate surface area is 97.2 Å². The monoisotopic (exact) mass is 227 g/mol. The van der Waals surface area contributed by atoms with Crippen molar-refractivity contribution in [3.05, 3.63) is 48.0 Å². The van der Waals surface area contributed by atoms with Crippen LogP contribution in [0.3, 0.4) is 0 Å². The number of benzene rings is 2. The van der Waals surface area contributed by atoms with Crippen molar-refractivity contribution in [2.75, 3.05) is 0 Å². The summed E-state index contributed by atoms with van der Waals surface area (Å²) in [6.07, 6.45) is 1.94. The van der Waals surface area contributed by atoms with E-state index >= 15 is 0 Å². The normalized spacial score (nSPS) is 12.2. The minimum absolute atomic E-state index is 0.553. The minimum atomic E-state index is 0.553. The van der Waals surface area contributed by atoms with Gasteiger partial charge in [0.2, 0.25) is 6.29 Å². The van der Waals surface area contributed by atoms with Crippen LogP contribution in [0, 0.1) is 0 Å². The lowest BCUT2D eigenvalue weighted by atomic mass is 10.2. The maximum Gasteiger partial charge on any atom is 0.234 e. The molecule has 3 rings (SSSR count). The van der Waals surface area contributed by atoms with E-state index in [0.29, 0.717) is 5.56 Å². The lowest BCUT2D eigenvalue weighted by Crippen LogP contribution is -1.97. The van der Waals surface area contributed by atoms with Gasteiger partial charge in [-0.1, -0.05) is 30.0 Å². The Kier molecular flexibility index (Phi) is 2.18. The molecular formula is C13H7O2S. The molecule has 0 atom stereocenters. The van der Waals surface area contributed by atoms with Crippen LogP contribution in [0.2, 0.25) is 0 Å². The molecule has 77 valence electrons. The van der Waals surface area contributed by atoms with Crippen molar-refractivity contribution in [3.63, 3.8) is 0 Å². The lowest BCUT2D eigenvalue weighted by molar-refractivity contribution is 0.454. The molecule has 0 bridgehead atoms. The van der Waals surface area contributed by atoms with Gasteiger partial charge in [-0.05, 0) is 24.3 Å². The van der Waals surface area contributed by atoms with E-state index in [9.17, 15) is 4.79 Å². The summed E-state index contributed by atoms with van der Waals surface area (Å²) in [6.45, 7) is 0. The molecule has 1 heterocycles. The fourth-order valence-electron chi connectivity index (χ4n) is 1.63.